The van der Waals surface area contributed by atoms with Gasteiger partial charge in [-0.15, -0.1) is 10.2 Å². The number of aromatic nitrogens is 4. The van der Waals surface area contributed by atoms with Crippen LogP contribution in [-0.4, -0.2) is 49.5 Å². The molecule has 0 bridgehead atoms. The van der Waals surface area contributed by atoms with Gasteiger partial charge in [-0.05, 0) is 23.3 Å². The summed E-state index contributed by atoms with van der Waals surface area (Å²) >= 11 is 0. The van der Waals surface area contributed by atoms with Gasteiger partial charge in [0, 0.05) is 18.5 Å². The largest absolute Gasteiger partial charge is 0.391 e. The van der Waals surface area contributed by atoms with Crippen molar-refractivity contribution in [3.63, 3.8) is 0 Å². The number of nitrogens with zero attached hydrogens (tertiary/aromatic N) is 9. The van der Waals surface area contributed by atoms with E-state index in [1.807, 2.05) is 4.57 Å². The smallest absolute Gasteiger partial charge is 0.212 e. The molecule has 1 atom stereocenters. The molecule has 1 fully saturated rings. The summed E-state index contributed by atoms with van der Waals surface area (Å²) in [4.78, 5) is 16.4. The minimum Gasteiger partial charge on any atom is -0.391 e. The summed E-state index contributed by atoms with van der Waals surface area (Å²) in [6.07, 6.45) is 3.84. The van der Waals surface area contributed by atoms with E-state index in [-0.39, 0.29) is 11.5 Å². The van der Waals surface area contributed by atoms with Crippen LogP contribution in [-0.2, 0) is 12.0 Å². The monoisotopic (exact) mass is 385 g/mol. The van der Waals surface area contributed by atoms with E-state index in [1.165, 1.54) is 0 Å². The molecule has 0 amide bonds. The normalized spacial score (nSPS) is 21.3. The van der Waals surface area contributed by atoms with Crippen molar-refractivity contribution in [2.45, 2.75) is 70.7 Å². The highest BCUT2D eigenvalue weighted by atomic mass is 16.3. The van der Waals surface area contributed by atoms with Crippen LogP contribution in [0.15, 0.2) is 27.0 Å². The molecule has 10 nitrogen and oxygen atoms in total. The molecule has 28 heavy (non-hydrogen) atoms. The van der Waals surface area contributed by atoms with Gasteiger partial charge in [-0.2, -0.15) is 0 Å². The molecule has 0 aliphatic carbocycles. The number of hydrogen-bond acceptors (Lipinski definition) is 9. The zero-order valence-electron chi connectivity index (χ0n) is 16.9. The maximum Gasteiger partial charge on any atom is 0.212 e. The highest BCUT2D eigenvalue weighted by Crippen LogP contribution is 2.32. The molecule has 0 saturated carbocycles. The summed E-state index contributed by atoms with van der Waals surface area (Å²) in [5, 5.41) is 26.0. The summed E-state index contributed by atoms with van der Waals surface area (Å²) in [7, 11) is 0. The second-order valence-electron chi connectivity index (χ2n) is 8.67. The Kier molecular flexibility index (Phi) is 4.60. The fourth-order valence-corrected chi connectivity index (χ4v) is 3.68. The van der Waals surface area contributed by atoms with Crippen LogP contribution < -0.4 is 4.90 Å². The lowest BCUT2D eigenvalue weighted by Gasteiger charge is -2.23. The van der Waals surface area contributed by atoms with E-state index in [4.69, 9.17) is 9.97 Å². The van der Waals surface area contributed by atoms with E-state index < -0.39 is 5.66 Å². The van der Waals surface area contributed by atoms with E-state index >= 15 is 0 Å². The van der Waals surface area contributed by atoms with Crippen LogP contribution in [0.4, 0.5) is 5.82 Å². The standard InChI is InChI=1S/C18H27N9O/c1-5-7-18(22-24-25-23-18)10-27-11-19-13-14(26-8-6-12(28)9-26)20-16(17(2,3)4)21-15(13)27/h11-12,28H,5-10H2,1-4H3. The van der Waals surface area contributed by atoms with Gasteiger partial charge < -0.3 is 14.6 Å². The van der Waals surface area contributed by atoms with E-state index in [1.54, 1.807) is 6.33 Å². The summed E-state index contributed by atoms with van der Waals surface area (Å²) in [5.74, 6) is 1.53. The molecule has 10 heteroatoms. The Balaban J connectivity index is 1.81. The molecule has 2 aliphatic heterocycles. The highest BCUT2D eigenvalue weighted by Gasteiger charge is 2.35. The second kappa shape index (κ2) is 6.84. The Morgan fingerprint density at radius 1 is 1.21 bits per heavy atom. The SMILES string of the molecule is CCCC1(Cn2cnc3c(N4CCC(O)C4)nc(C(C)(C)C)nc32)N=NN=N1. The number of fused-ring (bicyclic) bond motifs is 1. The third-order valence-electron chi connectivity index (χ3n) is 5.15. The molecule has 150 valence electrons. The topological polar surface area (TPSA) is 117 Å². The maximum absolute atomic E-state index is 9.99. The predicted octanol–water partition coefficient (Wildman–Crippen LogP) is 3.02. The molecular formula is C18H27N9O. The van der Waals surface area contributed by atoms with Crippen LogP contribution in [0.2, 0.25) is 0 Å². The van der Waals surface area contributed by atoms with Crippen LogP contribution >= 0.6 is 0 Å². The third kappa shape index (κ3) is 3.36. The molecule has 1 unspecified atom stereocenters. The first-order valence-electron chi connectivity index (χ1n) is 9.82. The molecule has 2 aromatic heterocycles. The van der Waals surface area contributed by atoms with Crippen LogP contribution in [0.3, 0.4) is 0 Å². The van der Waals surface area contributed by atoms with E-state index in [0.717, 1.165) is 48.6 Å². The van der Waals surface area contributed by atoms with Crippen molar-refractivity contribution in [3.05, 3.63) is 12.2 Å². The molecule has 1 saturated heterocycles. The Morgan fingerprint density at radius 3 is 2.57 bits per heavy atom. The molecule has 2 aromatic rings. The van der Waals surface area contributed by atoms with Crippen molar-refractivity contribution in [2.24, 2.45) is 20.7 Å². The van der Waals surface area contributed by atoms with Crippen molar-refractivity contribution >= 4 is 17.0 Å². The summed E-state index contributed by atoms with van der Waals surface area (Å²) in [5.41, 5.74) is 0.577. The molecular weight excluding hydrogens is 358 g/mol. The van der Waals surface area contributed by atoms with Gasteiger partial charge in [0.1, 0.15) is 5.82 Å². The van der Waals surface area contributed by atoms with Crippen molar-refractivity contribution in [1.82, 2.24) is 19.5 Å². The zero-order chi connectivity index (χ0) is 19.9. The quantitative estimate of drug-likeness (QED) is 0.849. The van der Waals surface area contributed by atoms with Gasteiger partial charge in [0.2, 0.25) is 5.66 Å². The van der Waals surface area contributed by atoms with Gasteiger partial charge >= 0.3 is 0 Å². The molecule has 0 spiro atoms. The Labute approximate surface area is 163 Å². The summed E-state index contributed by atoms with van der Waals surface area (Å²) in [6, 6.07) is 0. The van der Waals surface area contributed by atoms with Crippen molar-refractivity contribution in [3.8, 4) is 0 Å². The molecule has 0 radical (unpaired) electrons. The average Bonchev–Trinajstić information content (AvgIpc) is 3.35. The lowest BCUT2D eigenvalue weighted by molar-refractivity contribution is 0.198. The van der Waals surface area contributed by atoms with Gasteiger partial charge in [0.15, 0.2) is 17.0 Å². The fourth-order valence-electron chi connectivity index (χ4n) is 3.68. The number of aliphatic hydroxyl groups excluding tert-OH is 1. The van der Waals surface area contributed by atoms with Gasteiger partial charge in [-0.1, -0.05) is 34.1 Å². The average molecular weight is 385 g/mol. The van der Waals surface area contributed by atoms with E-state index in [0.29, 0.717) is 13.1 Å². The van der Waals surface area contributed by atoms with E-state index in [2.05, 4.69) is 58.3 Å². The Morgan fingerprint density at radius 2 is 1.96 bits per heavy atom. The van der Waals surface area contributed by atoms with Crippen LogP contribution in [0.1, 0.15) is 52.8 Å². The first-order chi connectivity index (χ1) is 13.3. The predicted molar refractivity (Wildman–Crippen MR) is 104 cm³/mol. The Bertz CT molecular complexity index is 915. The highest BCUT2D eigenvalue weighted by molar-refractivity contribution is 5.84. The number of rotatable bonds is 5. The fraction of sp³-hybridized carbons (Fsp3) is 0.722. The lowest BCUT2D eigenvalue weighted by Crippen LogP contribution is -2.28. The zero-order valence-corrected chi connectivity index (χ0v) is 16.9. The van der Waals surface area contributed by atoms with Crippen molar-refractivity contribution < 1.29 is 5.11 Å². The van der Waals surface area contributed by atoms with Gasteiger partial charge in [-0.3, -0.25) is 0 Å². The lowest BCUT2D eigenvalue weighted by atomic mass is 9.96. The first kappa shape index (κ1) is 18.9. The van der Waals surface area contributed by atoms with Crippen LogP contribution in [0.25, 0.3) is 11.2 Å². The Hall–Kier alpha value is -2.49. The van der Waals surface area contributed by atoms with Crippen molar-refractivity contribution in [1.29, 1.82) is 0 Å². The van der Waals surface area contributed by atoms with E-state index in [9.17, 15) is 5.11 Å². The summed E-state index contributed by atoms with van der Waals surface area (Å²) < 4.78 is 1.97. The molecule has 4 heterocycles. The second-order valence-corrected chi connectivity index (χ2v) is 8.67. The van der Waals surface area contributed by atoms with Crippen LogP contribution in [0, 0.1) is 0 Å². The number of hydrogen-bond donors (Lipinski definition) is 1. The van der Waals surface area contributed by atoms with Crippen molar-refractivity contribution in [2.75, 3.05) is 18.0 Å². The third-order valence-corrected chi connectivity index (χ3v) is 5.15. The minimum absolute atomic E-state index is 0.218. The van der Waals surface area contributed by atoms with Gasteiger partial charge in [-0.25, -0.2) is 15.0 Å². The molecule has 0 aromatic carbocycles. The molecule has 1 N–H and O–H groups in total. The van der Waals surface area contributed by atoms with Gasteiger partial charge in [0.25, 0.3) is 0 Å². The minimum atomic E-state index is -0.695. The number of aliphatic hydroxyl groups is 1. The number of anilines is 1. The molecule has 4 rings (SSSR count). The molecule has 2 aliphatic rings. The van der Waals surface area contributed by atoms with Gasteiger partial charge in [0.05, 0.1) is 19.0 Å². The number of imidazole rings is 1. The first-order valence-corrected chi connectivity index (χ1v) is 9.82. The number of β-amino-alcohol motifs (C(OH)–C–C–N with tert-alkyl or cyclic N) is 1. The summed E-state index contributed by atoms with van der Waals surface area (Å²) in [6.45, 7) is 10.2. The maximum atomic E-state index is 9.99. The van der Waals surface area contributed by atoms with Crippen LogP contribution in [0.5, 0.6) is 0 Å².